The summed E-state index contributed by atoms with van der Waals surface area (Å²) >= 11 is 0. The van der Waals surface area contributed by atoms with Gasteiger partial charge in [0.1, 0.15) is 11.2 Å². The van der Waals surface area contributed by atoms with E-state index in [-0.39, 0.29) is 11.9 Å². The fraction of sp³-hybridized carbons (Fsp3) is 0.278. The summed E-state index contributed by atoms with van der Waals surface area (Å²) in [5, 5.41) is 0. The number of methoxy groups -OCH3 is 2. The molecule has 0 aromatic heterocycles. The number of carbonyl (C=O) groups is 1. The van der Waals surface area contributed by atoms with Gasteiger partial charge in [0, 0.05) is 5.92 Å². The Morgan fingerprint density at radius 1 is 1.05 bits per heavy atom. The first-order chi connectivity index (χ1) is 10.2. The third kappa shape index (κ3) is 2.19. The van der Waals surface area contributed by atoms with Gasteiger partial charge in [-0.25, -0.2) is 0 Å². The Morgan fingerprint density at radius 2 is 1.71 bits per heavy atom. The van der Waals surface area contributed by atoms with Crippen LogP contribution in [-0.2, 0) is 14.9 Å². The van der Waals surface area contributed by atoms with Crippen LogP contribution in [0.25, 0.3) is 0 Å². The van der Waals surface area contributed by atoms with Crippen LogP contribution < -0.4 is 4.74 Å². The molecule has 108 valence electrons. The number of hydrogen-bond acceptors (Lipinski definition) is 3. The summed E-state index contributed by atoms with van der Waals surface area (Å²) in [6.45, 7) is 0. The second-order valence-corrected chi connectivity index (χ2v) is 5.36. The van der Waals surface area contributed by atoms with Crippen LogP contribution in [0.1, 0.15) is 23.5 Å². The Morgan fingerprint density at radius 3 is 2.29 bits per heavy atom. The average molecular weight is 282 g/mol. The van der Waals surface area contributed by atoms with Gasteiger partial charge in [-0.05, 0) is 29.7 Å². The average Bonchev–Trinajstić information content (AvgIpc) is 3.32. The van der Waals surface area contributed by atoms with Crippen molar-refractivity contribution in [2.75, 3.05) is 14.2 Å². The zero-order chi connectivity index (χ0) is 14.9. The predicted octanol–water partition coefficient (Wildman–Crippen LogP) is 3.29. The third-order valence-corrected chi connectivity index (χ3v) is 4.32. The van der Waals surface area contributed by atoms with Gasteiger partial charge in [-0.1, -0.05) is 42.5 Å². The smallest absolute Gasteiger partial charge is 0.316 e. The highest BCUT2D eigenvalue weighted by Crippen LogP contribution is 2.61. The lowest BCUT2D eigenvalue weighted by atomic mass is 9.90. The third-order valence-electron chi connectivity index (χ3n) is 4.32. The highest BCUT2D eigenvalue weighted by Gasteiger charge is 2.62. The van der Waals surface area contributed by atoms with Crippen molar-refractivity contribution in [3.05, 3.63) is 65.7 Å². The number of carbonyl (C=O) groups excluding carboxylic acids is 1. The lowest BCUT2D eigenvalue weighted by Gasteiger charge is -2.16. The van der Waals surface area contributed by atoms with Gasteiger partial charge < -0.3 is 9.47 Å². The molecule has 0 unspecified atom stereocenters. The van der Waals surface area contributed by atoms with Gasteiger partial charge in [-0.2, -0.15) is 0 Å². The predicted molar refractivity (Wildman–Crippen MR) is 80.5 cm³/mol. The van der Waals surface area contributed by atoms with Crippen LogP contribution in [0.4, 0.5) is 0 Å². The summed E-state index contributed by atoms with van der Waals surface area (Å²) < 4.78 is 10.3. The van der Waals surface area contributed by atoms with Crippen LogP contribution in [0.3, 0.4) is 0 Å². The molecule has 1 aliphatic carbocycles. The van der Waals surface area contributed by atoms with Crippen LogP contribution in [0, 0.1) is 0 Å². The number of esters is 1. The minimum absolute atomic E-state index is 0.165. The molecule has 0 heterocycles. The van der Waals surface area contributed by atoms with E-state index in [1.807, 2.05) is 42.5 Å². The van der Waals surface area contributed by atoms with E-state index >= 15 is 0 Å². The zero-order valence-corrected chi connectivity index (χ0v) is 12.2. The Kier molecular flexibility index (Phi) is 3.42. The molecule has 0 saturated heterocycles. The molecule has 1 fully saturated rings. The maximum atomic E-state index is 12.4. The molecule has 3 heteroatoms. The fourth-order valence-corrected chi connectivity index (χ4v) is 3.08. The van der Waals surface area contributed by atoms with Crippen molar-refractivity contribution in [2.45, 2.75) is 17.8 Å². The van der Waals surface area contributed by atoms with E-state index in [0.717, 1.165) is 17.7 Å². The lowest BCUT2D eigenvalue weighted by molar-refractivity contribution is -0.143. The number of hydrogen-bond donors (Lipinski definition) is 0. The molecule has 2 aromatic carbocycles. The number of rotatable bonds is 4. The highest BCUT2D eigenvalue weighted by atomic mass is 16.5. The summed E-state index contributed by atoms with van der Waals surface area (Å²) in [5.74, 6) is 0.803. The molecule has 0 aliphatic heterocycles. The van der Waals surface area contributed by atoms with Crippen molar-refractivity contribution in [1.29, 1.82) is 0 Å². The molecule has 0 spiro atoms. The van der Waals surface area contributed by atoms with Crippen LogP contribution in [-0.4, -0.2) is 20.2 Å². The van der Waals surface area contributed by atoms with E-state index in [4.69, 9.17) is 9.47 Å². The monoisotopic (exact) mass is 282 g/mol. The van der Waals surface area contributed by atoms with Crippen molar-refractivity contribution in [2.24, 2.45) is 0 Å². The van der Waals surface area contributed by atoms with Crippen molar-refractivity contribution in [1.82, 2.24) is 0 Å². The van der Waals surface area contributed by atoms with E-state index in [1.165, 1.54) is 12.7 Å². The Hall–Kier alpha value is -2.29. The Balaban J connectivity index is 1.98. The minimum Gasteiger partial charge on any atom is -0.497 e. The first-order valence-electron chi connectivity index (χ1n) is 7.00. The summed E-state index contributed by atoms with van der Waals surface area (Å²) in [7, 11) is 3.09. The number of benzene rings is 2. The van der Waals surface area contributed by atoms with E-state index < -0.39 is 5.41 Å². The number of ether oxygens (including phenoxy) is 2. The van der Waals surface area contributed by atoms with E-state index in [2.05, 4.69) is 12.1 Å². The van der Waals surface area contributed by atoms with Crippen molar-refractivity contribution in [3.8, 4) is 5.75 Å². The van der Waals surface area contributed by atoms with E-state index in [1.54, 1.807) is 7.11 Å². The van der Waals surface area contributed by atoms with E-state index in [9.17, 15) is 4.79 Å². The lowest BCUT2D eigenvalue weighted by Crippen LogP contribution is -2.24. The summed E-state index contributed by atoms with van der Waals surface area (Å²) in [4.78, 5) is 12.4. The summed E-state index contributed by atoms with van der Waals surface area (Å²) in [6, 6.07) is 17.8. The van der Waals surface area contributed by atoms with Gasteiger partial charge in [-0.15, -0.1) is 0 Å². The van der Waals surface area contributed by atoms with Gasteiger partial charge in [0.2, 0.25) is 0 Å². The van der Waals surface area contributed by atoms with Gasteiger partial charge >= 0.3 is 5.97 Å². The molecule has 21 heavy (non-hydrogen) atoms. The fourth-order valence-electron chi connectivity index (χ4n) is 3.08. The second-order valence-electron chi connectivity index (χ2n) is 5.36. The van der Waals surface area contributed by atoms with E-state index in [0.29, 0.717) is 0 Å². The highest BCUT2D eigenvalue weighted by molar-refractivity contribution is 5.89. The molecule has 3 rings (SSSR count). The quantitative estimate of drug-likeness (QED) is 0.807. The Labute approximate surface area is 124 Å². The first kappa shape index (κ1) is 13.7. The zero-order valence-electron chi connectivity index (χ0n) is 12.2. The molecule has 0 radical (unpaired) electrons. The minimum atomic E-state index is -0.553. The molecule has 0 N–H and O–H groups in total. The molecule has 2 atom stereocenters. The van der Waals surface area contributed by atoms with Crippen LogP contribution >= 0.6 is 0 Å². The second kappa shape index (κ2) is 5.24. The molecular formula is C18H18O3. The van der Waals surface area contributed by atoms with Crippen LogP contribution in [0.2, 0.25) is 0 Å². The SMILES string of the molecule is COC(=O)[C@@]1(c2ccc(OC)cc2)C[C@H]1c1ccccc1. The van der Waals surface area contributed by atoms with Gasteiger partial charge in [0.05, 0.1) is 14.2 Å². The molecule has 1 saturated carbocycles. The van der Waals surface area contributed by atoms with Crippen LogP contribution in [0.15, 0.2) is 54.6 Å². The molecule has 0 bridgehead atoms. The van der Waals surface area contributed by atoms with Crippen molar-refractivity contribution in [3.63, 3.8) is 0 Å². The molecule has 0 amide bonds. The van der Waals surface area contributed by atoms with Gasteiger partial charge in [0.25, 0.3) is 0 Å². The van der Waals surface area contributed by atoms with Gasteiger partial charge in [0.15, 0.2) is 0 Å². The maximum Gasteiger partial charge on any atom is 0.316 e. The molecule has 3 nitrogen and oxygen atoms in total. The molecule has 1 aliphatic rings. The summed E-state index contributed by atoms with van der Waals surface area (Å²) in [6.07, 6.45) is 0.788. The first-order valence-corrected chi connectivity index (χ1v) is 7.00. The molecule has 2 aromatic rings. The molecular weight excluding hydrogens is 264 g/mol. The topological polar surface area (TPSA) is 35.5 Å². The van der Waals surface area contributed by atoms with Crippen LogP contribution in [0.5, 0.6) is 5.75 Å². The normalized spacial score (nSPS) is 23.4. The maximum absolute atomic E-state index is 12.4. The largest absolute Gasteiger partial charge is 0.497 e. The standard InChI is InChI=1S/C18H18O3/c1-20-15-10-8-14(9-11-15)18(17(19)21-2)12-16(18)13-6-4-3-5-7-13/h3-11,16H,12H2,1-2H3/t16-,18+/m0/s1. The Bertz CT molecular complexity index is 633. The summed E-state index contributed by atoms with van der Waals surface area (Å²) in [5.41, 5.74) is 1.62. The van der Waals surface area contributed by atoms with Crippen molar-refractivity contribution >= 4 is 5.97 Å². The van der Waals surface area contributed by atoms with Crippen molar-refractivity contribution < 1.29 is 14.3 Å². The van der Waals surface area contributed by atoms with Gasteiger partial charge in [-0.3, -0.25) is 4.79 Å².